The molecule has 0 saturated heterocycles. The predicted octanol–water partition coefficient (Wildman–Crippen LogP) is 7.46. The fraction of sp³-hybridized carbons (Fsp3) is 0.0600. The first kappa shape index (κ1) is 37.6. The van der Waals surface area contributed by atoms with Crippen LogP contribution in [-0.2, 0) is 0 Å². The third kappa shape index (κ3) is 7.90. The number of hydrogen-bond donors (Lipinski definition) is 2. The highest BCUT2D eigenvalue weighted by atomic mass is 16.3. The van der Waals surface area contributed by atoms with Crippen LogP contribution in [-0.4, -0.2) is 40.2 Å². The lowest BCUT2D eigenvalue weighted by molar-refractivity contribution is 0.0912. The van der Waals surface area contributed by atoms with Gasteiger partial charge >= 0.3 is 0 Å². The fourth-order valence-electron chi connectivity index (χ4n) is 6.53. The molecule has 6 aromatic rings. The van der Waals surface area contributed by atoms with Crippen molar-refractivity contribution in [2.75, 3.05) is 15.1 Å². The lowest BCUT2D eigenvalue weighted by atomic mass is 10.1. The van der Waals surface area contributed by atoms with Crippen molar-refractivity contribution in [3.63, 3.8) is 0 Å². The minimum atomic E-state index is -1.24. The Morgan fingerprint density at radius 3 is 1.42 bits per heavy atom. The van der Waals surface area contributed by atoms with E-state index in [2.05, 4.69) is 40.8 Å². The van der Waals surface area contributed by atoms with E-state index in [1.807, 2.05) is 60.7 Å². The van der Waals surface area contributed by atoms with Crippen molar-refractivity contribution in [3.8, 4) is 35.5 Å². The van der Waals surface area contributed by atoms with Gasteiger partial charge in [-0.2, -0.15) is 0 Å². The fourth-order valence-corrected chi connectivity index (χ4v) is 6.53. The Kier molecular flexibility index (Phi) is 9.78. The van der Waals surface area contributed by atoms with Crippen molar-refractivity contribution in [1.82, 2.24) is 0 Å². The molecule has 2 aliphatic rings. The maximum Gasteiger partial charge on any atom is 0.266 e. The molecule has 0 bridgehead atoms. The molecule has 0 aromatic heterocycles. The molecule has 282 valence electrons. The van der Waals surface area contributed by atoms with E-state index in [4.69, 9.17) is 0 Å². The summed E-state index contributed by atoms with van der Waals surface area (Å²) < 4.78 is 0. The highest BCUT2D eigenvalue weighted by molar-refractivity contribution is 6.36. The molecule has 2 aliphatic heterocycles. The number of hydrogen-bond acceptors (Lipinski definition) is 6. The Balaban J connectivity index is 1.16. The van der Waals surface area contributed by atoms with Gasteiger partial charge in [-0.1, -0.05) is 78.0 Å². The normalized spacial score (nSPS) is 12.7. The Morgan fingerprint density at radius 2 is 0.932 bits per heavy atom. The standard InChI is InChI=1S/C50H31N3O6/c1-50(2,59)25-24-34-14-9-15-38(26-34)51-45(54)37-29-39(52-46(55)41-22-20-35(27-43(41)48(52)57)18-16-32-10-5-3-6-11-32)31-40(30-37)53-47(56)42-23-21-36(28-44(42)49(53)58)19-17-33-12-7-4-8-13-33/h3-15,20-23,26-31,59H,1-2H3,(H,51,54). The summed E-state index contributed by atoms with van der Waals surface area (Å²) in [5.41, 5.74) is 2.58. The summed E-state index contributed by atoms with van der Waals surface area (Å²) in [4.78, 5) is 71.9. The van der Waals surface area contributed by atoms with Crippen molar-refractivity contribution in [2.24, 2.45) is 0 Å². The number of anilines is 3. The first-order valence-corrected chi connectivity index (χ1v) is 18.4. The average Bonchev–Trinajstić information content (AvgIpc) is 3.64. The van der Waals surface area contributed by atoms with Gasteiger partial charge in [0, 0.05) is 39.1 Å². The molecule has 0 unspecified atom stereocenters. The van der Waals surface area contributed by atoms with Crippen molar-refractivity contribution in [2.45, 2.75) is 19.4 Å². The van der Waals surface area contributed by atoms with Gasteiger partial charge in [0.15, 0.2) is 0 Å². The third-order valence-corrected chi connectivity index (χ3v) is 9.34. The molecule has 0 fully saturated rings. The van der Waals surface area contributed by atoms with Crippen LogP contribution in [0.5, 0.6) is 0 Å². The average molecular weight is 770 g/mol. The number of fused-ring (bicyclic) bond motifs is 2. The van der Waals surface area contributed by atoms with E-state index in [0.29, 0.717) is 22.4 Å². The molecular weight excluding hydrogens is 739 g/mol. The molecule has 0 atom stereocenters. The summed E-state index contributed by atoms with van der Waals surface area (Å²) >= 11 is 0. The second-order valence-electron chi connectivity index (χ2n) is 14.2. The first-order valence-electron chi connectivity index (χ1n) is 18.4. The van der Waals surface area contributed by atoms with Crippen LogP contribution in [0.15, 0.2) is 140 Å². The smallest absolute Gasteiger partial charge is 0.266 e. The molecule has 8 rings (SSSR count). The maximum absolute atomic E-state index is 14.1. The highest BCUT2D eigenvalue weighted by Crippen LogP contribution is 2.36. The number of aliphatic hydroxyl groups is 1. The summed E-state index contributed by atoms with van der Waals surface area (Å²) in [7, 11) is 0. The molecule has 6 aromatic carbocycles. The van der Waals surface area contributed by atoms with Crippen LogP contribution < -0.4 is 15.1 Å². The van der Waals surface area contributed by atoms with Gasteiger partial charge < -0.3 is 10.4 Å². The number of nitrogens with zero attached hydrogens (tertiary/aromatic N) is 2. The number of benzene rings is 6. The molecule has 9 heteroatoms. The van der Waals surface area contributed by atoms with Crippen LogP contribution in [0, 0.1) is 35.5 Å². The monoisotopic (exact) mass is 769 g/mol. The number of carbonyl (C=O) groups is 5. The number of rotatable bonds is 4. The number of carbonyl (C=O) groups excluding carboxylic acids is 5. The van der Waals surface area contributed by atoms with Crippen molar-refractivity contribution in [1.29, 1.82) is 0 Å². The van der Waals surface area contributed by atoms with Crippen LogP contribution in [0.4, 0.5) is 17.1 Å². The van der Waals surface area contributed by atoms with E-state index < -0.39 is 35.1 Å². The SMILES string of the molecule is CC(C)(O)C#Cc1cccc(NC(=O)c2cc(N3C(=O)c4ccc(C#Cc5ccccc5)cc4C3=O)cc(N3C(=O)c4ccc(C#Cc5ccccc5)cc4C3=O)c2)c1. The second kappa shape index (κ2) is 15.3. The van der Waals surface area contributed by atoms with Crippen LogP contribution >= 0.6 is 0 Å². The van der Waals surface area contributed by atoms with Gasteiger partial charge in [-0.25, -0.2) is 9.80 Å². The molecule has 0 aliphatic carbocycles. The van der Waals surface area contributed by atoms with E-state index in [1.54, 1.807) is 62.4 Å². The first-order chi connectivity index (χ1) is 28.4. The Morgan fingerprint density at radius 1 is 0.492 bits per heavy atom. The minimum absolute atomic E-state index is 0.0356. The van der Waals surface area contributed by atoms with Gasteiger partial charge in [-0.3, -0.25) is 24.0 Å². The molecule has 59 heavy (non-hydrogen) atoms. The quantitative estimate of drug-likeness (QED) is 0.142. The predicted molar refractivity (Wildman–Crippen MR) is 224 cm³/mol. The van der Waals surface area contributed by atoms with Crippen LogP contribution in [0.25, 0.3) is 0 Å². The molecule has 5 amide bonds. The zero-order valence-electron chi connectivity index (χ0n) is 31.7. The number of imide groups is 2. The Bertz CT molecular complexity index is 2810. The van der Waals surface area contributed by atoms with Crippen molar-refractivity contribution in [3.05, 3.63) is 195 Å². The van der Waals surface area contributed by atoms with E-state index in [0.717, 1.165) is 20.9 Å². The summed E-state index contributed by atoms with van der Waals surface area (Å²) in [5, 5.41) is 12.9. The molecule has 0 radical (unpaired) electrons. The van der Waals surface area contributed by atoms with Gasteiger partial charge in [0.05, 0.1) is 33.6 Å². The number of nitrogens with one attached hydrogen (secondary N) is 1. The van der Waals surface area contributed by atoms with Gasteiger partial charge in [-0.15, -0.1) is 0 Å². The van der Waals surface area contributed by atoms with Gasteiger partial charge in [-0.05, 0) is 111 Å². The Hall–Kier alpha value is -8.29. The van der Waals surface area contributed by atoms with Crippen LogP contribution in [0.2, 0.25) is 0 Å². The van der Waals surface area contributed by atoms with Crippen molar-refractivity contribution < 1.29 is 29.1 Å². The lowest BCUT2D eigenvalue weighted by Crippen LogP contribution is -2.32. The Labute approximate surface area is 339 Å². The zero-order chi connectivity index (χ0) is 41.3. The summed E-state index contributed by atoms with van der Waals surface area (Å²) in [6.45, 7) is 3.11. The largest absolute Gasteiger partial charge is 0.378 e. The van der Waals surface area contributed by atoms with Gasteiger partial charge in [0.25, 0.3) is 29.5 Å². The number of amides is 5. The zero-order valence-corrected chi connectivity index (χ0v) is 31.7. The third-order valence-electron chi connectivity index (χ3n) is 9.34. The van der Waals surface area contributed by atoms with Gasteiger partial charge in [0.1, 0.15) is 5.60 Å². The molecular formula is C50H31N3O6. The molecule has 0 spiro atoms. The van der Waals surface area contributed by atoms with E-state index >= 15 is 0 Å². The van der Waals surface area contributed by atoms with Crippen LogP contribution in [0.3, 0.4) is 0 Å². The van der Waals surface area contributed by atoms with E-state index in [-0.39, 0.29) is 39.2 Å². The molecule has 2 N–H and O–H groups in total. The van der Waals surface area contributed by atoms with Gasteiger partial charge in [0.2, 0.25) is 0 Å². The van der Waals surface area contributed by atoms with Crippen LogP contribution in [0.1, 0.15) is 93.5 Å². The van der Waals surface area contributed by atoms with Crippen molar-refractivity contribution >= 4 is 46.6 Å². The lowest BCUT2D eigenvalue weighted by Gasteiger charge is -2.20. The topological polar surface area (TPSA) is 124 Å². The second-order valence-corrected chi connectivity index (χ2v) is 14.2. The molecule has 0 saturated carbocycles. The summed E-state index contributed by atoms with van der Waals surface area (Å²) in [6, 6.07) is 38.8. The summed E-state index contributed by atoms with van der Waals surface area (Å²) in [6.07, 6.45) is 0. The molecule has 2 heterocycles. The molecule has 9 nitrogen and oxygen atoms in total. The van der Waals surface area contributed by atoms with E-state index in [9.17, 15) is 29.1 Å². The van der Waals surface area contributed by atoms with E-state index in [1.165, 1.54) is 30.3 Å². The summed E-state index contributed by atoms with van der Waals surface area (Å²) in [5.74, 6) is 14.5. The highest BCUT2D eigenvalue weighted by Gasteiger charge is 2.40. The minimum Gasteiger partial charge on any atom is -0.378 e. The maximum atomic E-state index is 14.1.